The number of carbonyl (C=O) groups is 2. The molecule has 2 fully saturated rings. The highest BCUT2D eigenvalue weighted by atomic mass is 32.2. The minimum atomic E-state index is -3.01. The number of amides is 2. The molecule has 0 aromatic heterocycles. The van der Waals surface area contributed by atoms with Gasteiger partial charge in [-0.1, -0.05) is 20.8 Å². The second-order valence-electron chi connectivity index (χ2n) is 8.75. The zero-order valence-corrected chi connectivity index (χ0v) is 16.7. The van der Waals surface area contributed by atoms with Gasteiger partial charge in [0, 0.05) is 19.5 Å². The van der Waals surface area contributed by atoms with Gasteiger partial charge in [-0.3, -0.25) is 9.59 Å². The van der Waals surface area contributed by atoms with E-state index in [1.807, 2.05) is 0 Å². The van der Waals surface area contributed by atoms with Gasteiger partial charge in [0.25, 0.3) is 0 Å². The topological polar surface area (TPSA) is 83.6 Å². The average molecular weight is 373 g/mol. The zero-order chi connectivity index (χ0) is 18.8. The van der Waals surface area contributed by atoms with Crippen molar-refractivity contribution in [3.63, 3.8) is 0 Å². The Hall–Kier alpha value is -1.11. The van der Waals surface area contributed by atoms with E-state index in [-0.39, 0.29) is 41.8 Å². The summed E-state index contributed by atoms with van der Waals surface area (Å²) >= 11 is 0. The summed E-state index contributed by atoms with van der Waals surface area (Å²) in [4.78, 5) is 26.3. The van der Waals surface area contributed by atoms with Crippen LogP contribution >= 0.6 is 0 Å². The van der Waals surface area contributed by atoms with Gasteiger partial charge in [-0.15, -0.1) is 0 Å². The molecule has 3 atom stereocenters. The normalized spacial score (nSPS) is 29.7. The molecule has 1 aliphatic carbocycles. The van der Waals surface area contributed by atoms with Gasteiger partial charge in [-0.05, 0) is 43.4 Å². The number of rotatable bonds is 4. The maximum Gasteiger partial charge on any atom is 0.244 e. The van der Waals surface area contributed by atoms with Crippen LogP contribution in [0.1, 0.15) is 53.4 Å². The lowest BCUT2D eigenvalue weighted by Crippen LogP contribution is -2.52. The summed E-state index contributed by atoms with van der Waals surface area (Å²) in [7, 11) is -3.01. The van der Waals surface area contributed by atoms with Crippen molar-refractivity contribution in [2.24, 2.45) is 17.3 Å². The molecular weight excluding hydrogens is 340 g/mol. The van der Waals surface area contributed by atoms with E-state index in [0.29, 0.717) is 18.3 Å². The van der Waals surface area contributed by atoms with E-state index >= 15 is 0 Å². The maximum absolute atomic E-state index is 12.4. The summed E-state index contributed by atoms with van der Waals surface area (Å²) in [5.74, 6) is 0.723. The highest BCUT2D eigenvalue weighted by Gasteiger charge is 2.34. The van der Waals surface area contributed by atoms with Gasteiger partial charge in [0.2, 0.25) is 11.8 Å². The van der Waals surface area contributed by atoms with E-state index in [1.54, 1.807) is 6.92 Å². The van der Waals surface area contributed by atoms with E-state index in [4.69, 9.17) is 0 Å². The lowest BCUT2D eigenvalue weighted by Gasteiger charge is -2.39. The van der Waals surface area contributed by atoms with Gasteiger partial charge < -0.3 is 10.2 Å². The summed E-state index contributed by atoms with van der Waals surface area (Å²) in [5.41, 5.74) is 0.267. The number of hydrogen-bond donors (Lipinski definition) is 1. The number of nitrogens with one attached hydrogen (secondary N) is 1. The summed E-state index contributed by atoms with van der Waals surface area (Å²) in [6, 6.07) is -0.609. The molecule has 144 valence electrons. The predicted molar refractivity (Wildman–Crippen MR) is 97.7 cm³/mol. The Morgan fingerprint density at radius 1 is 1.20 bits per heavy atom. The van der Waals surface area contributed by atoms with Gasteiger partial charge in [0.15, 0.2) is 9.84 Å². The molecule has 0 radical (unpaired) electrons. The quantitative estimate of drug-likeness (QED) is 0.812. The summed E-state index contributed by atoms with van der Waals surface area (Å²) < 4.78 is 22.9. The van der Waals surface area contributed by atoms with E-state index < -0.39 is 15.9 Å². The van der Waals surface area contributed by atoms with E-state index in [2.05, 4.69) is 26.1 Å². The number of sulfone groups is 1. The van der Waals surface area contributed by atoms with Crippen molar-refractivity contribution >= 4 is 21.7 Å². The molecule has 1 heterocycles. The molecule has 0 spiro atoms. The number of carbonyl (C=O) groups excluding carboxylic acids is 2. The maximum atomic E-state index is 12.4. The molecule has 1 saturated carbocycles. The molecule has 3 unspecified atom stereocenters. The van der Waals surface area contributed by atoms with Gasteiger partial charge >= 0.3 is 0 Å². The van der Waals surface area contributed by atoms with Crippen LogP contribution in [0.5, 0.6) is 0 Å². The molecule has 0 aromatic carbocycles. The first kappa shape index (κ1) is 20.2. The lowest BCUT2D eigenvalue weighted by molar-refractivity contribution is -0.136. The molecule has 25 heavy (non-hydrogen) atoms. The Kier molecular flexibility index (Phi) is 6.17. The first-order valence-electron chi connectivity index (χ1n) is 9.26. The predicted octanol–water partition coefficient (Wildman–Crippen LogP) is 1.60. The van der Waals surface area contributed by atoms with Crippen LogP contribution in [0.15, 0.2) is 0 Å². The lowest BCUT2D eigenvalue weighted by atomic mass is 9.67. The van der Waals surface area contributed by atoms with Gasteiger partial charge in [-0.25, -0.2) is 8.42 Å². The smallest absolute Gasteiger partial charge is 0.244 e. The molecule has 2 aliphatic rings. The third-order valence-corrected chi connectivity index (χ3v) is 6.97. The summed E-state index contributed by atoms with van der Waals surface area (Å²) in [5, 5.41) is 2.81. The summed E-state index contributed by atoms with van der Waals surface area (Å²) in [6.07, 6.45) is 3.75. The van der Waals surface area contributed by atoms with Crippen LogP contribution in [0, 0.1) is 17.3 Å². The van der Waals surface area contributed by atoms with Crippen LogP contribution in [0.2, 0.25) is 0 Å². The zero-order valence-electron chi connectivity index (χ0n) is 15.9. The fourth-order valence-electron chi connectivity index (χ4n) is 4.53. The van der Waals surface area contributed by atoms with E-state index in [9.17, 15) is 18.0 Å². The molecule has 2 amide bonds. The summed E-state index contributed by atoms with van der Waals surface area (Å²) in [6.45, 7) is 8.86. The second-order valence-corrected chi connectivity index (χ2v) is 11.1. The molecular formula is C18H32N2O4S. The molecule has 7 heteroatoms. The fourth-order valence-corrected chi connectivity index (χ4v) is 5.73. The minimum Gasteiger partial charge on any atom is -0.345 e. The number of nitrogens with zero attached hydrogens (tertiary/aromatic N) is 1. The highest BCUT2D eigenvalue weighted by Crippen LogP contribution is 2.42. The van der Waals surface area contributed by atoms with Crippen molar-refractivity contribution in [3.8, 4) is 0 Å². The molecule has 0 aromatic rings. The Labute approximate surface area is 151 Å². The first-order valence-corrected chi connectivity index (χ1v) is 11.1. The molecule has 1 saturated heterocycles. The Bertz CT molecular complexity index is 601. The average Bonchev–Trinajstić information content (AvgIpc) is 2.43. The van der Waals surface area contributed by atoms with Crippen molar-refractivity contribution in [1.82, 2.24) is 10.2 Å². The SMILES string of the molecule is CC1CC(CC(=O)NC(C)C(=O)N2CCS(=O)(=O)CC2)CC(C)(C)C1. The highest BCUT2D eigenvalue weighted by molar-refractivity contribution is 7.91. The molecule has 1 aliphatic heterocycles. The third-order valence-electron chi connectivity index (χ3n) is 5.36. The van der Waals surface area contributed by atoms with Gasteiger partial charge in [0.1, 0.15) is 6.04 Å². The van der Waals surface area contributed by atoms with Crippen molar-refractivity contribution in [1.29, 1.82) is 0 Å². The first-order chi connectivity index (χ1) is 11.5. The van der Waals surface area contributed by atoms with Crippen molar-refractivity contribution in [3.05, 3.63) is 0 Å². The molecule has 0 bridgehead atoms. The van der Waals surface area contributed by atoms with Crippen LogP contribution in [-0.2, 0) is 19.4 Å². The standard InChI is InChI=1S/C18H32N2O4S/c1-13-9-15(12-18(3,4)11-13)10-16(21)19-14(2)17(22)20-5-7-25(23,24)8-6-20/h13-15H,5-12H2,1-4H3,(H,19,21). The molecule has 2 rings (SSSR count). The van der Waals surface area contributed by atoms with Crippen LogP contribution in [0.25, 0.3) is 0 Å². The van der Waals surface area contributed by atoms with Crippen molar-refractivity contribution in [2.45, 2.75) is 59.4 Å². The van der Waals surface area contributed by atoms with Crippen LogP contribution in [0.3, 0.4) is 0 Å². The Balaban J connectivity index is 1.82. The van der Waals surface area contributed by atoms with Gasteiger partial charge in [-0.2, -0.15) is 0 Å². The van der Waals surface area contributed by atoms with Crippen LogP contribution < -0.4 is 5.32 Å². The van der Waals surface area contributed by atoms with E-state index in [1.165, 1.54) is 11.3 Å². The largest absolute Gasteiger partial charge is 0.345 e. The van der Waals surface area contributed by atoms with Crippen LogP contribution in [-0.4, -0.2) is 55.8 Å². The van der Waals surface area contributed by atoms with Crippen LogP contribution in [0.4, 0.5) is 0 Å². The minimum absolute atomic E-state index is 0.00838. The third kappa shape index (κ3) is 5.97. The van der Waals surface area contributed by atoms with Gasteiger partial charge in [0.05, 0.1) is 11.5 Å². The number of hydrogen-bond acceptors (Lipinski definition) is 4. The molecule has 1 N–H and O–H groups in total. The van der Waals surface area contributed by atoms with Crippen molar-refractivity contribution < 1.29 is 18.0 Å². The fraction of sp³-hybridized carbons (Fsp3) is 0.889. The monoisotopic (exact) mass is 372 g/mol. The van der Waals surface area contributed by atoms with E-state index in [0.717, 1.165) is 12.8 Å². The second kappa shape index (κ2) is 7.64. The van der Waals surface area contributed by atoms with Crippen molar-refractivity contribution in [2.75, 3.05) is 24.6 Å². The Morgan fingerprint density at radius 3 is 2.36 bits per heavy atom. The molecule has 6 nitrogen and oxygen atoms in total. The Morgan fingerprint density at radius 2 is 1.80 bits per heavy atom.